The first-order valence-corrected chi connectivity index (χ1v) is 6.03. The molecule has 1 heterocycles. The molecule has 0 aliphatic carbocycles. The van der Waals surface area contributed by atoms with Gasteiger partial charge in [0.2, 0.25) is 0 Å². The second-order valence-corrected chi connectivity index (χ2v) is 3.94. The molecule has 0 unspecified atom stereocenters. The highest BCUT2D eigenvalue weighted by molar-refractivity contribution is 5.91. The SMILES string of the molecule is CCCCN(CCC)C(=O)c1c[nH]c(=O)cn1. The molecular weight excluding hydrogens is 218 g/mol. The van der Waals surface area contributed by atoms with Crippen molar-refractivity contribution in [3.63, 3.8) is 0 Å². The average Bonchev–Trinajstić information content (AvgIpc) is 2.34. The molecule has 94 valence electrons. The van der Waals surface area contributed by atoms with E-state index in [1.165, 1.54) is 6.20 Å². The first-order chi connectivity index (χ1) is 8.19. The van der Waals surface area contributed by atoms with Crippen molar-refractivity contribution in [2.45, 2.75) is 33.1 Å². The maximum Gasteiger partial charge on any atom is 0.273 e. The van der Waals surface area contributed by atoms with E-state index >= 15 is 0 Å². The standard InChI is InChI=1S/C12H19N3O2/c1-3-5-7-15(6-4-2)12(17)10-8-14-11(16)9-13-10/h8-9H,3-7H2,1-2H3,(H,14,16). The third-order valence-corrected chi connectivity index (χ3v) is 2.45. The van der Waals surface area contributed by atoms with E-state index < -0.39 is 0 Å². The minimum atomic E-state index is -0.294. The summed E-state index contributed by atoms with van der Waals surface area (Å²) in [7, 11) is 0. The summed E-state index contributed by atoms with van der Waals surface area (Å²) in [6.07, 6.45) is 5.46. The van der Waals surface area contributed by atoms with Crippen LogP contribution >= 0.6 is 0 Å². The van der Waals surface area contributed by atoms with Crippen LogP contribution in [-0.4, -0.2) is 33.9 Å². The van der Waals surface area contributed by atoms with Crippen LogP contribution in [0.25, 0.3) is 0 Å². The van der Waals surface area contributed by atoms with Crippen LogP contribution in [0.2, 0.25) is 0 Å². The number of aromatic nitrogens is 2. The summed E-state index contributed by atoms with van der Waals surface area (Å²) in [5, 5.41) is 0. The van der Waals surface area contributed by atoms with E-state index in [1.807, 2.05) is 6.92 Å². The topological polar surface area (TPSA) is 66.1 Å². The second kappa shape index (κ2) is 6.83. The molecule has 0 saturated heterocycles. The normalized spacial score (nSPS) is 10.2. The molecule has 0 bridgehead atoms. The molecule has 1 aromatic heterocycles. The highest BCUT2D eigenvalue weighted by atomic mass is 16.2. The van der Waals surface area contributed by atoms with Gasteiger partial charge >= 0.3 is 0 Å². The molecule has 0 atom stereocenters. The highest BCUT2D eigenvalue weighted by Gasteiger charge is 2.15. The van der Waals surface area contributed by atoms with E-state index in [0.717, 1.165) is 38.5 Å². The Hall–Kier alpha value is -1.65. The fourth-order valence-corrected chi connectivity index (χ4v) is 1.55. The zero-order chi connectivity index (χ0) is 12.7. The van der Waals surface area contributed by atoms with Crippen molar-refractivity contribution in [1.29, 1.82) is 0 Å². The van der Waals surface area contributed by atoms with Crippen molar-refractivity contribution in [3.05, 3.63) is 28.4 Å². The molecule has 0 spiro atoms. The van der Waals surface area contributed by atoms with E-state index in [-0.39, 0.29) is 11.5 Å². The lowest BCUT2D eigenvalue weighted by Gasteiger charge is -2.21. The summed E-state index contributed by atoms with van der Waals surface area (Å²) in [6, 6.07) is 0. The number of aromatic amines is 1. The molecule has 0 radical (unpaired) electrons. The van der Waals surface area contributed by atoms with Crippen molar-refractivity contribution in [1.82, 2.24) is 14.9 Å². The summed E-state index contributed by atoms with van der Waals surface area (Å²) in [5.41, 5.74) is 0.00584. The molecule has 1 N–H and O–H groups in total. The van der Waals surface area contributed by atoms with Gasteiger partial charge in [0.15, 0.2) is 0 Å². The van der Waals surface area contributed by atoms with Gasteiger partial charge in [0.25, 0.3) is 11.5 Å². The van der Waals surface area contributed by atoms with E-state index in [1.54, 1.807) is 4.90 Å². The zero-order valence-corrected chi connectivity index (χ0v) is 10.4. The van der Waals surface area contributed by atoms with Crippen molar-refractivity contribution in [2.75, 3.05) is 13.1 Å². The maximum absolute atomic E-state index is 12.1. The summed E-state index contributed by atoms with van der Waals surface area (Å²) < 4.78 is 0. The Balaban J connectivity index is 2.75. The molecule has 5 nitrogen and oxygen atoms in total. The number of unbranched alkanes of at least 4 members (excludes halogenated alkanes) is 1. The first-order valence-electron chi connectivity index (χ1n) is 6.03. The summed E-state index contributed by atoms with van der Waals surface area (Å²) in [6.45, 7) is 5.59. The van der Waals surface area contributed by atoms with Crippen molar-refractivity contribution < 1.29 is 4.79 Å². The molecular formula is C12H19N3O2. The van der Waals surface area contributed by atoms with Gasteiger partial charge in [-0.05, 0) is 12.8 Å². The molecule has 5 heteroatoms. The van der Waals surface area contributed by atoms with Crippen LogP contribution in [0.1, 0.15) is 43.6 Å². The Morgan fingerprint density at radius 2 is 2.12 bits per heavy atom. The fourth-order valence-electron chi connectivity index (χ4n) is 1.55. The van der Waals surface area contributed by atoms with Gasteiger partial charge in [0.1, 0.15) is 5.69 Å². The quantitative estimate of drug-likeness (QED) is 0.813. The largest absolute Gasteiger partial charge is 0.337 e. The number of carbonyl (C=O) groups excluding carboxylic acids is 1. The number of nitrogens with one attached hydrogen (secondary N) is 1. The monoisotopic (exact) mass is 237 g/mol. The number of hydrogen-bond donors (Lipinski definition) is 1. The van der Waals surface area contributed by atoms with Gasteiger partial charge in [0.05, 0.1) is 6.20 Å². The third kappa shape index (κ3) is 4.01. The number of hydrogen-bond acceptors (Lipinski definition) is 3. The summed E-state index contributed by atoms with van der Waals surface area (Å²) in [4.78, 5) is 31.1. The lowest BCUT2D eigenvalue weighted by molar-refractivity contribution is 0.0747. The van der Waals surface area contributed by atoms with Crippen molar-refractivity contribution in [2.24, 2.45) is 0 Å². The van der Waals surface area contributed by atoms with E-state index in [0.29, 0.717) is 5.69 Å². The molecule has 0 aliphatic rings. The molecule has 0 aromatic carbocycles. The number of H-pyrrole nitrogens is 1. The van der Waals surface area contributed by atoms with Gasteiger partial charge in [0, 0.05) is 19.3 Å². The molecule has 1 aromatic rings. The van der Waals surface area contributed by atoms with E-state index in [2.05, 4.69) is 16.9 Å². The van der Waals surface area contributed by atoms with Gasteiger partial charge in [-0.1, -0.05) is 20.3 Å². The molecule has 0 saturated carbocycles. The number of rotatable bonds is 6. The fraction of sp³-hybridized carbons (Fsp3) is 0.583. The maximum atomic E-state index is 12.1. The van der Waals surface area contributed by atoms with Gasteiger partial charge in [-0.15, -0.1) is 0 Å². The van der Waals surface area contributed by atoms with Crippen LogP contribution in [0.15, 0.2) is 17.2 Å². The molecule has 0 aliphatic heterocycles. The van der Waals surface area contributed by atoms with Crippen LogP contribution in [-0.2, 0) is 0 Å². The minimum absolute atomic E-state index is 0.114. The minimum Gasteiger partial charge on any atom is -0.337 e. The third-order valence-electron chi connectivity index (χ3n) is 2.45. The van der Waals surface area contributed by atoms with E-state index in [4.69, 9.17) is 0 Å². The Morgan fingerprint density at radius 1 is 1.35 bits per heavy atom. The average molecular weight is 237 g/mol. The predicted octanol–water partition coefficient (Wildman–Crippen LogP) is 1.42. The van der Waals surface area contributed by atoms with Gasteiger partial charge < -0.3 is 9.88 Å². The zero-order valence-electron chi connectivity index (χ0n) is 10.4. The number of nitrogens with zero attached hydrogens (tertiary/aromatic N) is 2. The second-order valence-electron chi connectivity index (χ2n) is 3.94. The lowest BCUT2D eigenvalue weighted by Crippen LogP contribution is -2.33. The smallest absolute Gasteiger partial charge is 0.273 e. The summed E-state index contributed by atoms with van der Waals surface area (Å²) >= 11 is 0. The molecule has 1 rings (SSSR count). The van der Waals surface area contributed by atoms with Crippen LogP contribution < -0.4 is 5.56 Å². The van der Waals surface area contributed by atoms with Gasteiger partial charge in [-0.25, -0.2) is 4.98 Å². The molecule has 17 heavy (non-hydrogen) atoms. The molecule has 0 fully saturated rings. The Labute approximate surface area is 101 Å². The lowest BCUT2D eigenvalue weighted by atomic mass is 10.2. The van der Waals surface area contributed by atoms with Crippen molar-refractivity contribution >= 4 is 5.91 Å². The van der Waals surface area contributed by atoms with Crippen LogP contribution in [0.3, 0.4) is 0 Å². The van der Waals surface area contributed by atoms with Gasteiger partial charge in [-0.2, -0.15) is 0 Å². The first kappa shape index (κ1) is 13.4. The Morgan fingerprint density at radius 3 is 2.65 bits per heavy atom. The Kier molecular flexibility index (Phi) is 5.39. The van der Waals surface area contributed by atoms with Gasteiger partial charge in [-0.3, -0.25) is 9.59 Å². The van der Waals surface area contributed by atoms with Crippen LogP contribution in [0, 0.1) is 0 Å². The molecule has 1 amide bonds. The van der Waals surface area contributed by atoms with Crippen molar-refractivity contribution in [3.8, 4) is 0 Å². The Bertz CT molecular complexity index is 394. The number of amides is 1. The van der Waals surface area contributed by atoms with Crippen LogP contribution in [0.5, 0.6) is 0 Å². The van der Waals surface area contributed by atoms with Crippen LogP contribution in [0.4, 0.5) is 0 Å². The highest BCUT2D eigenvalue weighted by Crippen LogP contribution is 2.03. The predicted molar refractivity (Wildman–Crippen MR) is 66.0 cm³/mol. The number of carbonyl (C=O) groups is 1. The van der Waals surface area contributed by atoms with E-state index in [9.17, 15) is 9.59 Å². The summed E-state index contributed by atoms with van der Waals surface area (Å²) in [5.74, 6) is -0.114.